The summed E-state index contributed by atoms with van der Waals surface area (Å²) in [5.41, 5.74) is 0.736. The minimum absolute atomic E-state index is 0.0125. The van der Waals surface area contributed by atoms with Gasteiger partial charge in [0.15, 0.2) is 5.82 Å². The summed E-state index contributed by atoms with van der Waals surface area (Å²) in [7, 11) is 1.69. The monoisotopic (exact) mass is 194 g/mol. The molecule has 0 saturated heterocycles. The van der Waals surface area contributed by atoms with Gasteiger partial charge in [-0.2, -0.15) is 0 Å². The van der Waals surface area contributed by atoms with Gasteiger partial charge in [-0.05, 0) is 18.8 Å². The van der Waals surface area contributed by atoms with Crippen molar-refractivity contribution in [3.63, 3.8) is 0 Å². The Balaban J connectivity index is 2.13. The Morgan fingerprint density at radius 1 is 1.50 bits per heavy atom. The number of hydrogen-bond acceptors (Lipinski definition) is 4. The summed E-state index contributed by atoms with van der Waals surface area (Å²) in [6.07, 6.45) is 5.73. The van der Waals surface area contributed by atoms with E-state index in [-0.39, 0.29) is 12.7 Å². The molecule has 0 spiro atoms. The lowest BCUT2D eigenvalue weighted by Crippen LogP contribution is -2.08. The van der Waals surface area contributed by atoms with Crippen LogP contribution in [0.4, 0.5) is 0 Å². The van der Waals surface area contributed by atoms with Crippen molar-refractivity contribution in [1.29, 1.82) is 0 Å². The molecule has 1 unspecified atom stereocenters. The van der Waals surface area contributed by atoms with Crippen molar-refractivity contribution in [3.05, 3.63) is 23.8 Å². The standard InChI is InChI=1S/C10H14N2O2/c1-14-9(8-2-3-8)10-11-4-7(6-13)5-12-10/h4-5,8-9,13H,2-3,6H2,1H3. The van der Waals surface area contributed by atoms with Gasteiger partial charge in [0.1, 0.15) is 6.10 Å². The Morgan fingerprint density at radius 3 is 2.57 bits per heavy atom. The van der Waals surface area contributed by atoms with Crippen LogP contribution in [0.3, 0.4) is 0 Å². The molecular weight excluding hydrogens is 180 g/mol. The van der Waals surface area contributed by atoms with Crippen LogP contribution >= 0.6 is 0 Å². The minimum atomic E-state index is -0.0125. The van der Waals surface area contributed by atoms with Gasteiger partial charge in [-0.15, -0.1) is 0 Å². The third-order valence-corrected chi connectivity index (χ3v) is 2.47. The normalized spacial score (nSPS) is 18.1. The largest absolute Gasteiger partial charge is 0.392 e. The first-order chi connectivity index (χ1) is 6.85. The molecule has 4 heteroatoms. The first-order valence-corrected chi connectivity index (χ1v) is 4.79. The second-order valence-electron chi connectivity index (χ2n) is 3.60. The molecule has 1 aliphatic carbocycles. The number of hydrogen-bond donors (Lipinski definition) is 1. The maximum absolute atomic E-state index is 8.83. The van der Waals surface area contributed by atoms with Gasteiger partial charge in [0.2, 0.25) is 0 Å². The molecule has 0 radical (unpaired) electrons. The average molecular weight is 194 g/mol. The summed E-state index contributed by atoms with van der Waals surface area (Å²) < 4.78 is 5.35. The van der Waals surface area contributed by atoms with Crippen molar-refractivity contribution >= 4 is 0 Å². The zero-order chi connectivity index (χ0) is 9.97. The molecule has 2 rings (SSSR count). The fraction of sp³-hybridized carbons (Fsp3) is 0.600. The fourth-order valence-corrected chi connectivity index (χ4v) is 1.50. The third-order valence-electron chi connectivity index (χ3n) is 2.47. The number of aromatic nitrogens is 2. The Bertz CT molecular complexity index is 295. The quantitative estimate of drug-likeness (QED) is 0.778. The highest BCUT2D eigenvalue weighted by Crippen LogP contribution is 2.41. The van der Waals surface area contributed by atoms with Crippen LogP contribution in [-0.2, 0) is 11.3 Å². The SMILES string of the molecule is COC(c1ncc(CO)cn1)C1CC1. The number of rotatable bonds is 4. The van der Waals surface area contributed by atoms with E-state index in [1.54, 1.807) is 19.5 Å². The maximum Gasteiger partial charge on any atom is 0.157 e. The van der Waals surface area contributed by atoms with E-state index in [1.165, 1.54) is 12.8 Å². The van der Waals surface area contributed by atoms with Crippen LogP contribution < -0.4 is 0 Å². The summed E-state index contributed by atoms with van der Waals surface area (Å²) in [5.74, 6) is 1.31. The van der Waals surface area contributed by atoms with Gasteiger partial charge in [0.25, 0.3) is 0 Å². The summed E-state index contributed by atoms with van der Waals surface area (Å²) >= 11 is 0. The third kappa shape index (κ3) is 1.91. The van der Waals surface area contributed by atoms with Crippen LogP contribution in [0, 0.1) is 5.92 Å². The highest BCUT2D eigenvalue weighted by molar-refractivity contribution is 5.06. The van der Waals surface area contributed by atoms with Crippen LogP contribution in [0.2, 0.25) is 0 Å². The Kier molecular flexibility index (Phi) is 2.74. The van der Waals surface area contributed by atoms with E-state index in [1.807, 2.05) is 0 Å². The summed E-state index contributed by atoms with van der Waals surface area (Å²) in [4.78, 5) is 8.37. The lowest BCUT2D eigenvalue weighted by Gasteiger charge is -2.12. The predicted molar refractivity (Wildman–Crippen MR) is 50.4 cm³/mol. The molecule has 0 aromatic carbocycles. The van der Waals surface area contributed by atoms with E-state index in [9.17, 15) is 0 Å². The molecule has 76 valence electrons. The van der Waals surface area contributed by atoms with E-state index in [4.69, 9.17) is 9.84 Å². The minimum Gasteiger partial charge on any atom is -0.392 e. The van der Waals surface area contributed by atoms with Gasteiger partial charge in [0, 0.05) is 25.1 Å². The molecule has 0 bridgehead atoms. The van der Waals surface area contributed by atoms with Gasteiger partial charge in [-0.3, -0.25) is 0 Å². The molecule has 1 fully saturated rings. The zero-order valence-corrected chi connectivity index (χ0v) is 8.18. The molecule has 4 nitrogen and oxygen atoms in total. The topological polar surface area (TPSA) is 55.2 Å². The van der Waals surface area contributed by atoms with Gasteiger partial charge >= 0.3 is 0 Å². The highest BCUT2D eigenvalue weighted by atomic mass is 16.5. The first-order valence-electron chi connectivity index (χ1n) is 4.79. The van der Waals surface area contributed by atoms with E-state index in [0.29, 0.717) is 5.92 Å². The highest BCUT2D eigenvalue weighted by Gasteiger charge is 2.34. The molecular formula is C10H14N2O2. The van der Waals surface area contributed by atoms with E-state index < -0.39 is 0 Å². The van der Waals surface area contributed by atoms with Crippen LogP contribution in [0.1, 0.15) is 30.3 Å². The van der Waals surface area contributed by atoms with Crippen molar-refractivity contribution in [1.82, 2.24) is 9.97 Å². The molecule has 0 aliphatic heterocycles. The van der Waals surface area contributed by atoms with Gasteiger partial charge in [-0.25, -0.2) is 9.97 Å². The molecule has 1 heterocycles. The second kappa shape index (κ2) is 4.02. The van der Waals surface area contributed by atoms with Crippen molar-refractivity contribution in [3.8, 4) is 0 Å². The molecule has 1 aliphatic rings. The maximum atomic E-state index is 8.83. The first kappa shape index (κ1) is 9.55. The average Bonchev–Trinajstić information content (AvgIpc) is 3.04. The number of ether oxygens (including phenoxy) is 1. The second-order valence-corrected chi connectivity index (χ2v) is 3.60. The van der Waals surface area contributed by atoms with Crippen LogP contribution in [0.25, 0.3) is 0 Å². The fourth-order valence-electron chi connectivity index (χ4n) is 1.50. The van der Waals surface area contributed by atoms with Crippen LogP contribution in [0.5, 0.6) is 0 Å². The molecule has 1 aromatic heterocycles. The molecule has 1 N–H and O–H groups in total. The summed E-state index contributed by atoms with van der Waals surface area (Å²) in [6.45, 7) is -0.0125. The van der Waals surface area contributed by atoms with E-state index in [2.05, 4.69) is 9.97 Å². The summed E-state index contributed by atoms with van der Waals surface area (Å²) in [6, 6.07) is 0. The number of nitrogens with zero attached hydrogens (tertiary/aromatic N) is 2. The Labute approximate surface area is 83.0 Å². The van der Waals surface area contributed by atoms with Gasteiger partial charge in [-0.1, -0.05) is 0 Å². The number of methoxy groups -OCH3 is 1. The Hall–Kier alpha value is -1.00. The molecule has 1 saturated carbocycles. The van der Waals surface area contributed by atoms with Crippen molar-refractivity contribution in [2.75, 3.05) is 7.11 Å². The van der Waals surface area contributed by atoms with Crippen molar-refractivity contribution in [2.45, 2.75) is 25.6 Å². The Morgan fingerprint density at radius 2 is 2.14 bits per heavy atom. The zero-order valence-electron chi connectivity index (χ0n) is 8.18. The van der Waals surface area contributed by atoms with Gasteiger partial charge < -0.3 is 9.84 Å². The number of aliphatic hydroxyl groups excluding tert-OH is 1. The van der Waals surface area contributed by atoms with E-state index >= 15 is 0 Å². The van der Waals surface area contributed by atoms with Crippen molar-refractivity contribution in [2.24, 2.45) is 5.92 Å². The molecule has 1 atom stereocenters. The lowest BCUT2D eigenvalue weighted by atomic mass is 10.2. The summed E-state index contributed by atoms with van der Waals surface area (Å²) in [5, 5.41) is 8.83. The predicted octanol–water partition coefficient (Wildman–Crippen LogP) is 1.07. The van der Waals surface area contributed by atoms with E-state index in [0.717, 1.165) is 11.4 Å². The van der Waals surface area contributed by atoms with Gasteiger partial charge in [0.05, 0.1) is 6.61 Å². The molecule has 14 heavy (non-hydrogen) atoms. The molecule has 0 amide bonds. The van der Waals surface area contributed by atoms with Crippen molar-refractivity contribution < 1.29 is 9.84 Å². The number of aliphatic hydroxyl groups is 1. The van der Waals surface area contributed by atoms with Crippen LogP contribution in [-0.4, -0.2) is 22.2 Å². The lowest BCUT2D eigenvalue weighted by molar-refractivity contribution is 0.0770. The molecule has 1 aromatic rings. The smallest absolute Gasteiger partial charge is 0.157 e. The van der Waals surface area contributed by atoms with Crippen LogP contribution in [0.15, 0.2) is 12.4 Å².